The molecule has 0 spiro atoms. The molecule has 1 aliphatic heterocycles. The van der Waals surface area contributed by atoms with E-state index in [0.29, 0.717) is 32.2 Å². The van der Waals surface area contributed by atoms with E-state index < -0.39 is 23.4 Å². The molecule has 5 rings (SSSR count). The van der Waals surface area contributed by atoms with E-state index in [2.05, 4.69) is 29.6 Å². The number of ether oxygens (including phenoxy) is 1. The quantitative estimate of drug-likeness (QED) is 0.704. The number of nitrogens with one attached hydrogen (secondary N) is 1. The van der Waals surface area contributed by atoms with Crippen LogP contribution in [0.4, 0.5) is 4.79 Å². The zero-order valence-corrected chi connectivity index (χ0v) is 18.5. The van der Waals surface area contributed by atoms with Crippen molar-refractivity contribution in [2.24, 2.45) is 11.3 Å². The van der Waals surface area contributed by atoms with Crippen LogP contribution in [0, 0.1) is 11.3 Å². The molecular formula is C26H28N2O5. The Balaban J connectivity index is 1.17. The van der Waals surface area contributed by atoms with Crippen LogP contribution in [0.25, 0.3) is 11.1 Å². The van der Waals surface area contributed by atoms with Gasteiger partial charge in [0.1, 0.15) is 6.61 Å². The minimum atomic E-state index is -0.853. The van der Waals surface area contributed by atoms with Gasteiger partial charge in [-0.15, -0.1) is 0 Å². The van der Waals surface area contributed by atoms with Gasteiger partial charge in [0.05, 0.1) is 11.3 Å². The van der Waals surface area contributed by atoms with Gasteiger partial charge >= 0.3 is 12.1 Å². The van der Waals surface area contributed by atoms with Crippen LogP contribution in [-0.4, -0.2) is 54.2 Å². The zero-order valence-electron chi connectivity index (χ0n) is 18.5. The second kappa shape index (κ2) is 8.54. The summed E-state index contributed by atoms with van der Waals surface area (Å²) in [6, 6.07) is 16.3. The van der Waals surface area contributed by atoms with Crippen LogP contribution >= 0.6 is 0 Å². The number of carbonyl (C=O) groups excluding carboxylic acids is 2. The highest BCUT2D eigenvalue weighted by Gasteiger charge is 2.52. The SMILES string of the molecule is O=C(NCC1(C(=O)N2CCCC(C(=O)O)C2)CC1)OCC1c2ccccc2-c2ccccc21. The van der Waals surface area contributed by atoms with Gasteiger partial charge in [0, 0.05) is 25.6 Å². The fourth-order valence-electron chi connectivity index (χ4n) is 5.21. The number of alkyl carbamates (subject to hydrolysis) is 1. The van der Waals surface area contributed by atoms with Gasteiger partial charge in [0.15, 0.2) is 0 Å². The first-order valence-electron chi connectivity index (χ1n) is 11.6. The molecule has 33 heavy (non-hydrogen) atoms. The molecule has 2 aliphatic carbocycles. The van der Waals surface area contributed by atoms with Crippen molar-refractivity contribution in [2.45, 2.75) is 31.6 Å². The number of piperidine rings is 1. The van der Waals surface area contributed by atoms with E-state index in [0.717, 1.165) is 11.1 Å². The smallest absolute Gasteiger partial charge is 0.407 e. The van der Waals surface area contributed by atoms with Gasteiger partial charge in [-0.3, -0.25) is 9.59 Å². The second-order valence-electron chi connectivity index (χ2n) is 9.39. The number of carboxylic acids is 1. The first-order valence-corrected chi connectivity index (χ1v) is 11.6. The third-order valence-corrected chi connectivity index (χ3v) is 7.28. The van der Waals surface area contributed by atoms with E-state index in [1.807, 2.05) is 24.3 Å². The number of carbonyl (C=O) groups is 3. The Bertz CT molecular complexity index is 1050. The molecule has 1 unspecified atom stereocenters. The zero-order chi connectivity index (χ0) is 23.0. The van der Waals surface area contributed by atoms with Crippen LogP contribution in [0.3, 0.4) is 0 Å². The third kappa shape index (κ3) is 4.08. The minimum absolute atomic E-state index is 0.0130. The number of carboxylic acid groups (broad SMARTS) is 1. The summed E-state index contributed by atoms with van der Waals surface area (Å²) in [6.07, 6.45) is 2.16. The van der Waals surface area contributed by atoms with Gasteiger partial charge in [-0.1, -0.05) is 48.5 Å². The van der Waals surface area contributed by atoms with Gasteiger partial charge in [0.25, 0.3) is 0 Å². The second-order valence-corrected chi connectivity index (χ2v) is 9.39. The van der Waals surface area contributed by atoms with Crippen LogP contribution in [0.2, 0.25) is 0 Å². The van der Waals surface area contributed by atoms with Crippen LogP contribution in [-0.2, 0) is 14.3 Å². The van der Waals surface area contributed by atoms with Crippen molar-refractivity contribution in [3.63, 3.8) is 0 Å². The largest absolute Gasteiger partial charge is 0.481 e. The summed E-state index contributed by atoms with van der Waals surface area (Å²) < 4.78 is 5.58. The van der Waals surface area contributed by atoms with E-state index in [1.165, 1.54) is 11.1 Å². The summed E-state index contributed by atoms with van der Waals surface area (Å²) in [7, 11) is 0. The molecule has 2 N–H and O–H groups in total. The predicted molar refractivity (Wildman–Crippen MR) is 122 cm³/mol. The van der Waals surface area contributed by atoms with Crippen molar-refractivity contribution >= 4 is 18.0 Å². The van der Waals surface area contributed by atoms with Crippen molar-refractivity contribution < 1.29 is 24.2 Å². The highest BCUT2D eigenvalue weighted by atomic mass is 16.5. The Kier molecular flexibility index (Phi) is 5.56. The van der Waals surface area contributed by atoms with Crippen LogP contribution in [0.1, 0.15) is 42.7 Å². The van der Waals surface area contributed by atoms with E-state index in [4.69, 9.17) is 4.74 Å². The van der Waals surface area contributed by atoms with Crippen LogP contribution < -0.4 is 5.32 Å². The fraction of sp³-hybridized carbons (Fsp3) is 0.423. The number of hydrogen-bond donors (Lipinski definition) is 2. The molecule has 1 saturated heterocycles. The number of aliphatic carboxylic acids is 1. The van der Waals surface area contributed by atoms with Gasteiger partial charge in [-0.2, -0.15) is 0 Å². The highest BCUT2D eigenvalue weighted by Crippen LogP contribution is 2.47. The van der Waals surface area contributed by atoms with Crippen molar-refractivity contribution in [1.29, 1.82) is 0 Å². The van der Waals surface area contributed by atoms with Crippen molar-refractivity contribution in [1.82, 2.24) is 10.2 Å². The molecule has 1 saturated carbocycles. The Morgan fingerprint density at radius 2 is 1.67 bits per heavy atom. The van der Waals surface area contributed by atoms with Gasteiger partial charge < -0.3 is 20.1 Å². The predicted octanol–water partition coefficient (Wildman–Crippen LogP) is 3.63. The number of amides is 2. The standard InChI is InChI=1S/C26H28N2O5/c29-23(30)17-6-5-13-28(14-17)24(31)26(11-12-26)16-27-25(32)33-15-22-20-9-3-1-7-18(20)19-8-2-4-10-21(19)22/h1-4,7-10,17,22H,5-6,11-16H2,(H,27,32)(H,29,30). The number of hydrogen-bond acceptors (Lipinski definition) is 4. The first kappa shape index (κ1) is 21.5. The van der Waals surface area contributed by atoms with Gasteiger partial charge in [-0.05, 0) is 47.9 Å². The topological polar surface area (TPSA) is 95.9 Å². The lowest BCUT2D eigenvalue weighted by Crippen LogP contribution is -2.48. The molecule has 2 amide bonds. The number of likely N-dealkylation sites (tertiary alicyclic amines) is 1. The minimum Gasteiger partial charge on any atom is -0.481 e. The third-order valence-electron chi connectivity index (χ3n) is 7.28. The summed E-state index contributed by atoms with van der Waals surface area (Å²) >= 11 is 0. The van der Waals surface area contributed by atoms with E-state index in [1.54, 1.807) is 4.90 Å². The summed E-state index contributed by atoms with van der Waals surface area (Å²) in [5.41, 5.74) is 4.03. The molecule has 1 heterocycles. The maximum Gasteiger partial charge on any atom is 0.407 e. The molecule has 172 valence electrons. The molecule has 3 aliphatic rings. The molecule has 1 atom stereocenters. The maximum absolute atomic E-state index is 13.0. The Morgan fingerprint density at radius 1 is 1.03 bits per heavy atom. The average molecular weight is 449 g/mol. The van der Waals surface area contributed by atoms with Gasteiger partial charge in [0.2, 0.25) is 5.91 Å². The van der Waals surface area contributed by atoms with E-state index in [9.17, 15) is 19.5 Å². The molecule has 2 aromatic carbocycles. The molecular weight excluding hydrogens is 420 g/mol. The lowest BCUT2D eigenvalue weighted by Gasteiger charge is -2.33. The maximum atomic E-state index is 13.0. The van der Waals surface area contributed by atoms with Crippen molar-refractivity contribution in [3.05, 3.63) is 59.7 Å². The van der Waals surface area contributed by atoms with Crippen molar-refractivity contribution in [3.8, 4) is 11.1 Å². The Labute approximate surface area is 192 Å². The normalized spacial score (nSPS) is 20.5. The summed E-state index contributed by atoms with van der Waals surface area (Å²) in [5.74, 6) is -1.42. The highest BCUT2D eigenvalue weighted by molar-refractivity contribution is 5.87. The van der Waals surface area contributed by atoms with Gasteiger partial charge in [-0.25, -0.2) is 4.79 Å². The number of rotatable bonds is 6. The lowest BCUT2D eigenvalue weighted by atomic mass is 9.96. The summed E-state index contributed by atoms with van der Waals surface area (Å²) in [5, 5.41) is 12.1. The number of benzene rings is 2. The molecule has 0 bridgehead atoms. The molecule has 0 aromatic heterocycles. The summed E-state index contributed by atoms with van der Waals surface area (Å²) in [6.45, 7) is 1.28. The van der Waals surface area contributed by atoms with Crippen LogP contribution in [0.5, 0.6) is 0 Å². The molecule has 7 nitrogen and oxygen atoms in total. The Morgan fingerprint density at radius 3 is 2.27 bits per heavy atom. The van der Waals surface area contributed by atoms with Crippen molar-refractivity contribution in [2.75, 3.05) is 26.2 Å². The Hall–Kier alpha value is -3.35. The molecule has 2 aromatic rings. The van der Waals surface area contributed by atoms with E-state index in [-0.39, 0.29) is 31.5 Å². The number of fused-ring (bicyclic) bond motifs is 3. The molecule has 2 fully saturated rings. The monoisotopic (exact) mass is 448 g/mol. The fourth-order valence-corrected chi connectivity index (χ4v) is 5.21. The molecule has 7 heteroatoms. The average Bonchev–Trinajstić information content (AvgIpc) is 3.57. The number of nitrogens with zero attached hydrogens (tertiary/aromatic N) is 1. The summed E-state index contributed by atoms with van der Waals surface area (Å²) in [4.78, 5) is 38.5. The lowest BCUT2D eigenvalue weighted by molar-refractivity contribution is -0.147. The first-order chi connectivity index (χ1) is 16.0. The van der Waals surface area contributed by atoms with E-state index >= 15 is 0 Å². The molecule has 0 radical (unpaired) electrons. The van der Waals surface area contributed by atoms with Crippen LogP contribution in [0.15, 0.2) is 48.5 Å².